The predicted octanol–water partition coefficient (Wildman–Crippen LogP) is 3.82. The van der Waals surface area contributed by atoms with Gasteiger partial charge in [0.05, 0.1) is 11.9 Å². The number of hydrogen-bond donors (Lipinski definition) is 1. The highest BCUT2D eigenvalue weighted by Crippen LogP contribution is 2.28. The number of carbonyl (C=O) groups is 2. The molecule has 26 heavy (non-hydrogen) atoms. The van der Waals surface area contributed by atoms with Crippen molar-refractivity contribution in [3.05, 3.63) is 18.3 Å². The standard InChI is InChI=1S/C18H26N4O2.C2H6/c1-13(2)11-14-5-8-21(9-6-14)15-3-4-16(19-12-15)22-10-7-17(23)20-18(22)24;1-2/h3-4,12-14H,5-11H2,1-2H3,(H,20,23,24);1-2H3. The summed E-state index contributed by atoms with van der Waals surface area (Å²) in [6, 6.07) is 3.50. The zero-order valence-electron chi connectivity index (χ0n) is 16.5. The van der Waals surface area contributed by atoms with Gasteiger partial charge in [0.1, 0.15) is 5.82 Å². The Morgan fingerprint density at radius 1 is 1.15 bits per heavy atom. The second-order valence-corrected chi connectivity index (χ2v) is 7.19. The fourth-order valence-corrected chi connectivity index (χ4v) is 3.60. The Morgan fingerprint density at radius 2 is 1.85 bits per heavy atom. The van der Waals surface area contributed by atoms with Gasteiger partial charge in [0.25, 0.3) is 0 Å². The first-order chi connectivity index (χ1) is 12.5. The average Bonchev–Trinajstić information content (AvgIpc) is 2.64. The van der Waals surface area contributed by atoms with Crippen molar-refractivity contribution < 1.29 is 9.59 Å². The van der Waals surface area contributed by atoms with Crippen molar-refractivity contribution >= 4 is 23.4 Å². The van der Waals surface area contributed by atoms with Crippen LogP contribution in [0.5, 0.6) is 0 Å². The van der Waals surface area contributed by atoms with Gasteiger partial charge in [-0.05, 0) is 43.2 Å². The van der Waals surface area contributed by atoms with E-state index in [0.29, 0.717) is 18.8 Å². The Kier molecular flexibility index (Phi) is 7.42. The summed E-state index contributed by atoms with van der Waals surface area (Å²) in [6.45, 7) is 11.1. The van der Waals surface area contributed by atoms with Crippen LogP contribution in [0.25, 0.3) is 0 Å². The highest BCUT2D eigenvalue weighted by molar-refractivity contribution is 6.05. The van der Waals surface area contributed by atoms with Crippen molar-refractivity contribution in [3.8, 4) is 0 Å². The molecule has 2 aliphatic heterocycles. The fourth-order valence-electron chi connectivity index (χ4n) is 3.60. The molecule has 2 fully saturated rings. The number of urea groups is 1. The third-order valence-electron chi connectivity index (χ3n) is 4.85. The first kappa shape index (κ1) is 20.2. The number of rotatable bonds is 4. The number of imide groups is 1. The van der Waals surface area contributed by atoms with Gasteiger partial charge in [-0.2, -0.15) is 0 Å². The molecular weight excluding hydrogens is 328 g/mol. The maximum atomic E-state index is 11.9. The van der Waals surface area contributed by atoms with E-state index >= 15 is 0 Å². The summed E-state index contributed by atoms with van der Waals surface area (Å²) in [7, 11) is 0. The molecule has 2 aliphatic rings. The van der Waals surface area contributed by atoms with Gasteiger partial charge in [0.15, 0.2) is 0 Å². The summed E-state index contributed by atoms with van der Waals surface area (Å²) >= 11 is 0. The van der Waals surface area contributed by atoms with E-state index in [1.54, 1.807) is 0 Å². The average molecular weight is 361 g/mol. The molecule has 144 valence electrons. The molecule has 2 saturated heterocycles. The minimum atomic E-state index is -0.388. The minimum absolute atomic E-state index is 0.225. The fraction of sp³-hybridized carbons (Fsp3) is 0.650. The summed E-state index contributed by atoms with van der Waals surface area (Å²) < 4.78 is 0. The van der Waals surface area contributed by atoms with E-state index in [9.17, 15) is 9.59 Å². The normalized spacial score (nSPS) is 18.5. The lowest BCUT2D eigenvalue weighted by Crippen LogP contribution is -2.49. The van der Waals surface area contributed by atoms with Crippen LogP contribution in [0.2, 0.25) is 0 Å². The predicted molar refractivity (Wildman–Crippen MR) is 105 cm³/mol. The topological polar surface area (TPSA) is 65.5 Å². The van der Waals surface area contributed by atoms with Crippen molar-refractivity contribution in [2.75, 3.05) is 29.4 Å². The number of amides is 3. The Bertz CT molecular complexity index is 592. The van der Waals surface area contributed by atoms with Crippen LogP contribution >= 0.6 is 0 Å². The Morgan fingerprint density at radius 3 is 2.38 bits per heavy atom. The number of nitrogens with zero attached hydrogens (tertiary/aromatic N) is 3. The lowest BCUT2D eigenvalue weighted by atomic mass is 9.88. The van der Waals surface area contributed by atoms with Crippen molar-refractivity contribution in [1.29, 1.82) is 0 Å². The first-order valence-corrected chi connectivity index (χ1v) is 9.85. The van der Waals surface area contributed by atoms with Crippen LogP contribution in [0.15, 0.2) is 18.3 Å². The zero-order valence-corrected chi connectivity index (χ0v) is 16.5. The molecule has 0 bridgehead atoms. The smallest absolute Gasteiger partial charge is 0.329 e. The molecule has 6 heteroatoms. The molecular formula is C20H32N4O2. The van der Waals surface area contributed by atoms with Gasteiger partial charge in [0, 0.05) is 26.1 Å². The van der Waals surface area contributed by atoms with E-state index < -0.39 is 0 Å². The van der Waals surface area contributed by atoms with Crippen molar-refractivity contribution in [2.45, 2.75) is 53.4 Å². The van der Waals surface area contributed by atoms with Crippen LogP contribution in [0.1, 0.15) is 53.4 Å². The third-order valence-corrected chi connectivity index (χ3v) is 4.85. The van der Waals surface area contributed by atoms with Gasteiger partial charge < -0.3 is 4.90 Å². The second-order valence-electron chi connectivity index (χ2n) is 7.19. The summed E-state index contributed by atoms with van der Waals surface area (Å²) in [4.78, 5) is 31.4. The summed E-state index contributed by atoms with van der Waals surface area (Å²) in [6.07, 6.45) is 5.93. The quantitative estimate of drug-likeness (QED) is 0.886. The number of hydrogen-bond acceptors (Lipinski definition) is 4. The molecule has 0 radical (unpaired) electrons. The van der Waals surface area contributed by atoms with Gasteiger partial charge >= 0.3 is 6.03 Å². The number of carbonyl (C=O) groups excluding carboxylic acids is 2. The monoisotopic (exact) mass is 360 g/mol. The van der Waals surface area contributed by atoms with Gasteiger partial charge in [-0.3, -0.25) is 15.0 Å². The Balaban J connectivity index is 0.00000117. The molecule has 0 aromatic carbocycles. The Hall–Kier alpha value is -2.11. The van der Waals surface area contributed by atoms with Crippen LogP contribution in [-0.2, 0) is 4.79 Å². The van der Waals surface area contributed by atoms with E-state index in [-0.39, 0.29) is 11.9 Å². The van der Waals surface area contributed by atoms with Crippen LogP contribution in [0.4, 0.5) is 16.3 Å². The van der Waals surface area contributed by atoms with Gasteiger partial charge in [0.2, 0.25) is 5.91 Å². The molecule has 0 aliphatic carbocycles. The molecule has 0 spiro atoms. The van der Waals surface area contributed by atoms with Crippen molar-refractivity contribution in [3.63, 3.8) is 0 Å². The van der Waals surface area contributed by atoms with Gasteiger partial charge in [-0.15, -0.1) is 0 Å². The number of anilines is 2. The molecule has 0 saturated carbocycles. The van der Waals surface area contributed by atoms with E-state index in [0.717, 1.165) is 30.6 Å². The van der Waals surface area contributed by atoms with Crippen molar-refractivity contribution in [2.24, 2.45) is 11.8 Å². The molecule has 1 N–H and O–H groups in total. The lowest BCUT2D eigenvalue weighted by molar-refractivity contribution is -0.120. The largest absolute Gasteiger partial charge is 0.370 e. The lowest BCUT2D eigenvalue weighted by Gasteiger charge is -2.34. The van der Waals surface area contributed by atoms with E-state index in [2.05, 4.69) is 29.0 Å². The van der Waals surface area contributed by atoms with E-state index in [1.807, 2.05) is 32.2 Å². The molecule has 3 heterocycles. The van der Waals surface area contributed by atoms with Crippen LogP contribution in [0.3, 0.4) is 0 Å². The minimum Gasteiger partial charge on any atom is -0.370 e. The molecule has 0 atom stereocenters. The molecule has 3 amide bonds. The van der Waals surface area contributed by atoms with Crippen LogP contribution in [-0.4, -0.2) is 36.6 Å². The Labute approximate surface area is 157 Å². The highest BCUT2D eigenvalue weighted by atomic mass is 16.2. The third kappa shape index (κ3) is 5.19. The number of nitrogens with one attached hydrogen (secondary N) is 1. The molecule has 6 nitrogen and oxygen atoms in total. The molecule has 0 unspecified atom stereocenters. The summed E-state index contributed by atoms with van der Waals surface area (Å²) in [5.74, 6) is 1.98. The summed E-state index contributed by atoms with van der Waals surface area (Å²) in [5.41, 5.74) is 1.11. The SMILES string of the molecule is CC.CC(C)CC1CCN(c2ccc(N3CCC(=O)NC3=O)nc2)CC1. The van der Waals surface area contributed by atoms with Crippen LogP contribution < -0.4 is 15.1 Å². The van der Waals surface area contributed by atoms with Gasteiger partial charge in [-0.25, -0.2) is 9.78 Å². The number of aromatic nitrogens is 1. The second kappa shape index (κ2) is 9.55. The number of pyridine rings is 1. The summed E-state index contributed by atoms with van der Waals surface area (Å²) in [5, 5.41) is 2.32. The van der Waals surface area contributed by atoms with Crippen LogP contribution in [0, 0.1) is 11.8 Å². The molecule has 3 rings (SSSR count). The van der Waals surface area contributed by atoms with E-state index in [4.69, 9.17) is 0 Å². The van der Waals surface area contributed by atoms with Gasteiger partial charge in [-0.1, -0.05) is 27.7 Å². The van der Waals surface area contributed by atoms with Crippen molar-refractivity contribution in [1.82, 2.24) is 10.3 Å². The zero-order chi connectivity index (χ0) is 19.1. The maximum absolute atomic E-state index is 11.9. The molecule has 1 aromatic heterocycles. The number of piperidine rings is 1. The maximum Gasteiger partial charge on any atom is 0.329 e. The first-order valence-electron chi connectivity index (χ1n) is 9.85. The highest BCUT2D eigenvalue weighted by Gasteiger charge is 2.25. The van der Waals surface area contributed by atoms with E-state index in [1.165, 1.54) is 24.2 Å². The molecule has 1 aromatic rings.